The SMILES string of the molecule is CCOC(=O)[C@H]1CCC(F)C[C@@H]1C(=O)OCC. The predicted molar refractivity (Wildman–Crippen MR) is 59.0 cm³/mol. The van der Waals surface area contributed by atoms with Crippen LogP contribution in [0.2, 0.25) is 0 Å². The lowest BCUT2D eigenvalue weighted by Gasteiger charge is -2.29. The van der Waals surface area contributed by atoms with Gasteiger partial charge in [0.1, 0.15) is 6.17 Å². The maximum absolute atomic E-state index is 13.3. The van der Waals surface area contributed by atoms with Gasteiger partial charge in [0.15, 0.2) is 0 Å². The second-order valence-corrected chi connectivity index (χ2v) is 4.13. The number of esters is 2. The standard InChI is InChI=1S/C12H19FO4/c1-3-16-11(14)9-6-5-8(13)7-10(9)12(15)17-4-2/h8-10H,3-7H2,1-2H3/t8?,9-,10-/m0/s1. The molecule has 1 fully saturated rings. The largest absolute Gasteiger partial charge is 0.466 e. The van der Waals surface area contributed by atoms with Crippen LogP contribution in [0.15, 0.2) is 0 Å². The van der Waals surface area contributed by atoms with Crippen LogP contribution in [-0.4, -0.2) is 31.3 Å². The maximum atomic E-state index is 13.3. The molecule has 0 radical (unpaired) electrons. The van der Waals surface area contributed by atoms with Gasteiger partial charge in [-0.15, -0.1) is 0 Å². The lowest BCUT2D eigenvalue weighted by molar-refractivity contribution is -0.163. The van der Waals surface area contributed by atoms with Crippen molar-refractivity contribution in [2.45, 2.75) is 39.3 Å². The van der Waals surface area contributed by atoms with Crippen LogP contribution in [0.4, 0.5) is 4.39 Å². The molecule has 0 aromatic heterocycles. The number of rotatable bonds is 4. The highest BCUT2D eigenvalue weighted by Crippen LogP contribution is 2.33. The summed E-state index contributed by atoms with van der Waals surface area (Å²) in [6, 6.07) is 0. The molecule has 0 amide bonds. The molecular formula is C12H19FO4. The van der Waals surface area contributed by atoms with Gasteiger partial charge in [-0.05, 0) is 33.1 Å². The Kier molecular flexibility index (Phi) is 5.38. The summed E-state index contributed by atoms with van der Waals surface area (Å²) < 4.78 is 23.1. The Morgan fingerprint density at radius 1 is 1.06 bits per heavy atom. The van der Waals surface area contributed by atoms with Gasteiger partial charge in [0.05, 0.1) is 25.0 Å². The molecule has 3 atom stereocenters. The Hall–Kier alpha value is -1.13. The summed E-state index contributed by atoms with van der Waals surface area (Å²) in [5.41, 5.74) is 0. The summed E-state index contributed by atoms with van der Waals surface area (Å²) in [6.07, 6.45) is -0.319. The van der Waals surface area contributed by atoms with Crippen molar-refractivity contribution in [2.24, 2.45) is 11.8 Å². The van der Waals surface area contributed by atoms with Crippen LogP contribution < -0.4 is 0 Å². The third kappa shape index (κ3) is 3.68. The van der Waals surface area contributed by atoms with Gasteiger partial charge >= 0.3 is 11.9 Å². The molecule has 1 unspecified atom stereocenters. The van der Waals surface area contributed by atoms with Gasteiger partial charge in [-0.2, -0.15) is 0 Å². The van der Waals surface area contributed by atoms with Crippen molar-refractivity contribution in [3.05, 3.63) is 0 Å². The quantitative estimate of drug-likeness (QED) is 0.710. The Labute approximate surface area is 100 Å². The third-order valence-corrected chi connectivity index (χ3v) is 2.96. The van der Waals surface area contributed by atoms with E-state index >= 15 is 0 Å². The van der Waals surface area contributed by atoms with E-state index < -0.39 is 29.9 Å². The number of ether oxygens (including phenoxy) is 2. The van der Waals surface area contributed by atoms with E-state index in [-0.39, 0.29) is 19.6 Å². The van der Waals surface area contributed by atoms with Crippen LogP contribution in [0.1, 0.15) is 33.1 Å². The molecule has 17 heavy (non-hydrogen) atoms. The normalized spacial score (nSPS) is 28.5. The first-order valence-electron chi connectivity index (χ1n) is 6.07. The molecule has 0 N–H and O–H groups in total. The highest BCUT2D eigenvalue weighted by atomic mass is 19.1. The van der Waals surface area contributed by atoms with Gasteiger partial charge in [0, 0.05) is 0 Å². The fourth-order valence-corrected chi connectivity index (χ4v) is 2.16. The zero-order valence-electron chi connectivity index (χ0n) is 10.3. The monoisotopic (exact) mass is 246 g/mol. The average Bonchev–Trinajstić information content (AvgIpc) is 2.29. The maximum Gasteiger partial charge on any atom is 0.309 e. The lowest BCUT2D eigenvalue weighted by Crippen LogP contribution is -2.38. The van der Waals surface area contributed by atoms with E-state index in [9.17, 15) is 14.0 Å². The Bertz CT molecular complexity index is 280. The molecule has 0 bridgehead atoms. The molecule has 0 spiro atoms. The molecule has 0 aliphatic heterocycles. The first-order valence-corrected chi connectivity index (χ1v) is 6.07. The fraction of sp³-hybridized carbons (Fsp3) is 0.833. The molecule has 1 aliphatic rings. The van der Waals surface area contributed by atoms with Crippen LogP contribution in [0.3, 0.4) is 0 Å². The highest BCUT2D eigenvalue weighted by Gasteiger charge is 2.41. The third-order valence-electron chi connectivity index (χ3n) is 2.96. The molecule has 5 heteroatoms. The van der Waals surface area contributed by atoms with Gasteiger partial charge in [0.2, 0.25) is 0 Å². The zero-order chi connectivity index (χ0) is 12.8. The van der Waals surface area contributed by atoms with Crippen molar-refractivity contribution in [2.75, 3.05) is 13.2 Å². The zero-order valence-corrected chi connectivity index (χ0v) is 10.3. The fourth-order valence-electron chi connectivity index (χ4n) is 2.16. The van der Waals surface area contributed by atoms with Crippen molar-refractivity contribution < 1.29 is 23.5 Å². The van der Waals surface area contributed by atoms with E-state index in [0.717, 1.165) is 0 Å². The van der Waals surface area contributed by atoms with E-state index in [0.29, 0.717) is 12.8 Å². The van der Waals surface area contributed by atoms with E-state index in [1.165, 1.54) is 0 Å². The second kappa shape index (κ2) is 6.57. The molecule has 1 saturated carbocycles. The van der Waals surface area contributed by atoms with Crippen LogP contribution in [0.5, 0.6) is 0 Å². The molecule has 1 aliphatic carbocycles. The number of alkyl halides is 1. The van der Waals surface area contributed by atoms with Gasteiger partial charge in [-0.25, -0.2) is 4.39 Å². The van der Waals surface area contributed by atoms with Gasteiger partial charge < -0.3 is 9.47 Å². The Morgan fingerprint density at radius 2 is 1.59 bits per heavy atom. The van der Waals surface area contributed by atoms with E-state index in [1.54, 1.807) is 13.8 Å². The smallest absolute Gasteiger partial charge is 0.309 e. The average molecular weight is 246 g/mol. The first kappa shape index (κ1) is 13.9. The van der Waals surface area contributed by atoms with Crippen LogP contribution in [0, 0.1) is 11.8 Å². The minimum atomic E-state index is -1.03. The molecule has 0 saturated heterocycles. The predicted octanol–water partition coefficient (Wildman–Crippen LogP) is 1.87. The Morgan fingerprint density at radius 3 is 2.12 bits per heavy atom. The first-order chi connectivity index (χ1) is 8.10. The van der Waals surface area contributed by atoms with Crippen LogP contribution >= 0.6 is 0 Å². The summed E-state index contributed by atoms with van der Waals surface area (Å²) in [6.45, 7) is 3.90. The number of carbonyl (C=O) groups is 2. The topological polar surface area (TPSA) is 52.6 Å². The van der Waals surface area contributed by atoms with E-state index in [2.05, 4.69) is 0 Å². The Balaban J connectivity index is 2.70. The molecule has 98 valence electrons. The second-order valence-electron chi connectivity index (χ2n) is 4.13. The molecule has 1 rings (SSSR count). The molecule has 0 aromatic rings. The number of halogens is 1. The summed E-state index contributed by atoms with van der Waals surface area (Å²) in [5, 5.41) is 0. The van der Waals surface area contributed by atoms with Crippen molar-refractivity contribution in [1.82, 2.24) is 0 Å². The van der Waals surface area contributed by atoms with Gasteiger partial charge in [-0.1, -0.05) is 0 Å². The van der Waals surface area contributed by atoms with Crippen molar-refractivity contribution in [1.29, 1.82) is 0 Å². The van der Waals surface area contributed by atoms with E-state index in [4.69, 9.17) is 9.47 Å². The summed E-state index contributed by atoms with van der Waals surface area (Å²) in [7, 11) is 0. The van der Waals surface area contributed by atoms with Crippen molar-refractivity contribution in [3.63, 3.8) is 0 Å². The van der Waals surface area contributed by atoms with E-state index in [1.807, 2.05) is 0 Å². The number of hydrogen-bond donors (Lipinski definition) is 0. The summed E-state index contributed by atoms with van der Waals surface area (Å²) in [4.78, 5) is 23.3. The summed E-state index contributed by atoms with van der Waals surface area (Å²) in [5.74, 6) is -2.16. The number of carbonyl (C=O) groups excluding carboxylic acids is 2. The lowest BCUT2D eigenvalue weighted by atomic mass is 9.78. The van der Waals surface area contributed by atoms with Crippen LogP contribution in [0.25, 0.3) is 0 Å². The number of hydrogen-bond acceptors (Lipinski definition) is 4. The minimum Gasteiger partial charge on any atom is -0.466 e. The molecular weight excluding hydrogens is 227 g/mol. The van der Waals surface area contributed by atoms with Crippen LogP contribution in [-0.2, 0) is 19.1 Å². The van der Waals surface area contributed by atoms with Gasteiger partial charge in [-0.3, -0.25) is 9.59 Å². The molecule has 4 nitrogen and oxygen atoms in total. The van der Waals surface area contributed by atoms with Crippen molar-refractivity contribution in [3.8, 4) is 0 Å². The minimum absolute atomic E-state index is 0.0579. The molecule has 0 heterocycles. The molecule has 0 aromatic carbocycles. The summed E-state index contributed by atoms with van der Waals surface area (Å²) >= 11 is 0. The van der Waals surface area contributed by atoms with Gasteiger partial charge in [0.25, 0.3) is 0 Å². The van der Waals surface area contributed by atoms with Crippen molar-refractivity contribution >= 4 is 11.9 Å². The highest BCUT2D eigenvalue weighted by molar-refractivity contribution is 5.82.